The Hall–Kier alpha value is -1.88. The number of likely N-dealkylation sites (tertiary alicyclic amines) is 1. The quantitative estimate of drug-likeness (QED) is 0.659. The van der Waals surface area contributed by atoms with Gasteiger partial charge in [-0.05, 0) is 18.4 Å². The molecular formula is C15H20N2O3. The molecule has 5 heteroatoms. The molecule has 1 aliphatic heterocycles. The third-order valence-electron chi connectivity index (χ3n) is 3.54. The summed E-state index contributed by atoms with van der Waals surface area (Å²) in [5.41, 5.74) is 1.30. The number of carbonyl (C=O) groups is 2. The number of esters is 1. The van der Waals surface area contributed by atoms with Crippen molar-refractivity contribution in [3.05, 3.63) is 35.9 Å². The maximum absolute atomic E-state index is 11.4. The van der Waals surface area contributed by atoms with E-state index >= 15 is 0 Å². The average Bonchev–Trinajstić information content (AvgIpc) is 2.49. The maximum Gasteiger partial charge on any atom is 0.396 e. The van der Waals surface area contributed by atoms with Crippen molar-refractivity contribution in [1.29, 1.82) is 0 Å². The van der Waals surface area contributed by atoms with Gasteiger partial charge in [0.15, 0.2) is 0 Å². The normalized spacial score (nSPS) is 16.6. The number of nitrogens with one attached hydrogen (secondary N) is 1. The summed E-state index contributed by atoms with van der Waals surface area (Å²) < 4.78 is 4.39. The van der Waals surface area contributed by atoms with Gasteiger partial charge in [0.2, 0.25) is 0 Å². The van der Waals surface area contributed by atoms with Gasteiger partial charge in [0.05, 0.1) is 7.11 Å². The van der Waals surface area contributed by atoms with E-state index in [4.69, 9.17) is 0 Å². The molecule has 1 amide bonds. The van der Waals surface area contributed by atoms with E-state index in [0.717, 1.165) is 32.5 Å². The van der Waals surface area contributed by atoms with Crippen LogP contribution < -0.4 is 5.32 Å². The van der Waals surface area contributed by atoms with Gasteiger partial charge in [0.1, 0.15) is 0 Å². The first-order valence-corrected chi connectivity index (χ1v) is 6.84. The third-order valence-corrected chi connectivity index (χ3v) is 3.54. The van der Waals surface area contributed by atoms with Gasteiger partial charge in [0.25, 0.3) is 0 Å². The predicted octanol–water partition coefficient (Wildman–Crippen LogP) is 0.940. The number of piperidine rings is 1. The summed E-state index contributed by atoms with van der Waals surface area (Å²) in [6.07, 6.45) is 1.71. The minimum atomic E-state index is -0.822. The monoisotopic (exact) mass is 276 g/mol. The lowest BCUT2D eigenvalue weighted by Crippen LogP contribution is -2.46. The summed E-state index contributed by atoms with van der Waals surface area (Å²) in [5.74, 6) is -1.47. The second kappa shape index (κ2) is 7.05. The predicted molar refractivity (Wildman–Crippen MR) is 74.9 cm³/mol. The molecule has 1 aromatic carbocycles. The molecule has 2 rings (SSSR count). The zero-order chi connectivity index (χ0) is 14.4. The zero-order valence-electron chi connectivity index (χ0n) is 11.7. The van der Waals surface area contributed by atoms with E-state index in [0.29, 0.717) is 0 Å². The molecular weight excluding hydrogens is 256 g/mol. The first-order chi connectivity index (χ1) is 9.69. The summed E-state index contributed by atoms with van der Waals surface area (Å²) in [4.78, 5) is 24.8. The Morgan fingerprint density at radius 3 is 2.50 bits per heavy atom. The first kappa shape index (κ1) is 14.5. The minimum Gasteiger partial charge on any atom is -0.462 e. The minimum absolute atomic E-state index is 0.0635. The van der Waals surface area contributed by atoms with Crippen molar-refractivity contribution in [2.75, 3.05) is 20.2 Å². The van der Waals surface area contributed by atoms with Crippen molar-refractivity contribution in [3.8, 4) is 0 Å². The highest BCUT2D eigenvalue weighted by Gasteiger charge is 2.23. The number of hydrogen-bond donors (Lipinski definition) is 1. The van der Waals surface area contributed by atoms with Crippen LogP contribution in [-0.4, -0.2) is 43.0 Å². The van der Waals surface area contributed by atoms with Gasteiger partial charge >= 0.3 is 11.9 Å². The summed E-state index contributed by atoms with van der Waals surface area (Å²) in [6, 6.07) is 10.4. The molecule has 0 spiro atoms. The Balaban J connectivity index is 1.75. The second-order valence-electron chi connectivity index (χ2n) is 5.00. The Bertz CT molecular complexity index is 453. The van der Waals surface area contributed by atoms with Gasteiger partial charge in [-0.15, -0.1) is 0 Å². The molecule has 1 fully saturated rings. The summed E-state index contributed by atoms with van der Waals surface area (Å²) >= 11 is 0. The van der Waals surface area contributed by atoms with E-state index in [9.17, 15) is 9.59 Å². The molecule has 1 aliphatic rings. The topological polar surface area (TPSA) is 58.6 Å². The highest BCUT2D eigenvalue weighted by molar-refractivity contribution is 6.32. The highest BCUT2D eigenvalue weighted by atomic mass is 16.5. The number of methoxy groups -OCH3 is 1. The van der Waals surface area contributed by atoms with E-state index in [1.807, 2.05) is 18.2 Å². The molecule has 1 heterocycles. The number of benzene rings is 1. The summed E-state index contributed by atoms with van der Waals surface area (Å²) in [6.45, 7) is 2.76. The number of ether oxygens (including phenoxy) is 1. The smallest absolute Gasteiger partial charge is 0.396 e. The lowest BCUT2D eigenvalue weighted by atomic mass is 10.0. The molecule has 20 heavy (non-hydrogen) atoms. The van der Waals surface area contributed by atoms with Crippen LogP contribution in [0.15, 0.2) is 30.3 Å². The highest BCUT2D eigenvalue weighted by Crippen LogP contribution is 2.13. The molecule has 1 aromatic rings. The van der Waals surface area contributed by atoms with Gasteiger partial charge in [-0.3, -0.25) is 9.69 Å². The van der Waals surface area contributed by atoms with Crippen LogP contribution in [0.3, 0.4) is 0 Å². The standard InChI is InChI=1S/C15H20N2O3/c1-20-15(19)14(18)16-13-7-9-17(10-8-13)11-12-5-3-2-4-6-12/h2-6,13H,7-11H2,1H3,(H,16,18). The molecule has 0 saturated carbocycles. The van der Waals surface area contributed by atoms with Crippen LogP contribution in [0.5, 0.6) is 0 Å². The molecule has 5 nitrogen and oxygen atoms in total. The fraction of sp³-hybridized carbons (Fsp3) is 0.467. The van der Waals surface area contributed by atoms with E-state index in [-0.39, 0.29) is 6.04 Å². The van der Waals surface area contributed by atoms with Crippen molar-refractivity contribution >= 4 is 11.9 Å². The largest absolute Gasteiger partial charge is 0.462 e. The third kappa shape index (κ3) is 4.06. The molecule has 1 saturated heterocycles. The van der Waals surface area contributed by atoms with E-state index in [1.54, 1.807) is 0 Å². The average molecular weight is 276 g/mol. The molecule has 0 aromatic heterocycles. The van der Waals surface area contributed by atoms with Crippen molar-refractivity contribution in [3.63, 3.8) is 0 Å². The lowest BCUT2D eigenvalue weighted by Gasteiger charge is -2.32. The molecule has 0 bridgehead atoms. The molecule has 0 radical (unpaired) electrons. The van der Waals surface area contributed by atoms with Crippen molar-refractivity contribution in [1.82, 2.24) is 10.2 Å². The van der Waals surface area contributed by atoms with Crippen LogP contribution in [-0.2, 0) is 20.9 Å². The van der Waals surface area contributed by atoms with Crippen LogP contribution in [0, 0.1) is 0 Å². The van der Waals surface area contributed by atoms with Crippen molar-refractivity contribution < 1.29 is 14.3 Å². The van der Waals surface area contributed by atoms with Crippen molar-refractivity contribution in [2.24, 2.45) is 0 Å². The molecule has 108 valence electrons. The van der Waals surface area contributed by atoms with E-state index < -0.39 is 11.9 Å². The Morgan fingerprint density at radius 2 is 1.90 bits per heavy atom. The van der Waals surface area contributed by atoms with Gasteiger partial charge < -0.3 is 10.1 Å². The second-order valence-corrected chi connectivity index (χ2v) is 5.00. The van der Waals surface area contributed by atoms with Crippen molar-refractivity contribution in [2.45, 2.75) is 25.4 Å². The van der Waals surface area contributed by atoms with E-state index in [1.165, 1.54) is 12.7 Å². The van der Waals surface area contributed by atoms with Gasteiger partial charge in [-0.1, -0.05) is 30.3 Å². The number of rotatable bonds is 3. The zero-order valence-corrected chi connectivity index (χ0v) is 11.7. The van der Waals surface area contributed by atoms with Crippen LogP contribution >= 0.6 is 0 Å². The fourth-order valence-electron chi connectivity index (χ4n) is 2.41. The van der Waals surface area contributed by atoms with Crippen LogP contribution in [0.1, 0.15) is 18.4 Å². The van der Waals surface area contributed by atoms with Crippen LogP contribution in [0.2, 0.25) is 0 Å². The number of nitrogens with zero attached hydrogens (tertiary/aromatic N) is 1. The molecule has 0 aliphatic carbocycles. The van der Waals surface area contributed by atoms with Gasteiger partial charge in [-0.25, -0.2) is 4.79 Å². The number of hydrogen-bond acceptors (Lipinski definition) is 4. The van der Waals surface area contributed by atoms with E-state index in [2.05, 4.69) is 27.1 Å². The Labute approximate surface area is 118 Å². The molecule has 0 atom stereocenters. The van der Waals surface area contributed by atoms with Crippen LogP contribution in [0.4, 0.5) is 0 Å². The molecule has 1 N–H and O–H groups in total. The number of carbonyl (C=O) groups excluding carboxylic acids is 2. The summed E-state index contributed by atoms with van der Waals surface area (Å²) in [5, 5.41) is 2.71. The first-order valence-electron chi connectivity index (χ1n) is 6.84. The molecule has 0 unspecified atom stereocenters. The van der Waals surface area contributed by atoms with Gasteiger partial charge in [-0.2, -0.15) is 0 Å². The Kier molecular flexibility index (Phi) is 5.12. The van der Waals surface area contributed by atoms with Crippen LogP contribution in [0.25, 0.3) is 0 Å². The Morgan fingerprint density at radius 1 is 1.25 bits per heavy atom. The SMILES string of the molecule is COC(=O)C(=O)NC1CCN(Cc2ccccc2)CC1. The number of amides is 1. The van der Waals surface area contributed by atoms with Gasteiger partial charge in [0, 0.05) is 25.7 Å². The lowest BCUT2D eigenvalue weighted by molar-refractivity contribution is -0.153. The summed E-state index contributed by atoms with van der Waals surface area (Å²) in [7, 11) is 1.21. The maximum atomic E-state index is 11.4. The fourth-order valence-corrected chi connectivity index (χ4v) is 2.41.